The molecule has 0 saturated carbocycles. The number of ether oxygens (including phenoxy) is 1. The first-order valence-electron chi connectivity index (χ1n) is 7.39. The summed E-state index contributed by atoms with van der Waals surface area (Å²) in [6.07, 6.45) is 6.90. The number of hydrogen-bond acceptors (Lipinski definition) is 5. The Hall–Kier alpha value is -0.940. The molecule has 2 aliphatic heterocycles. The maximum absolute atomic E-state index is 5.38. The van der Waals surface area contributed by atoms with Gasteiger partial charge in [-0.05, 0) is 38.0 Å². The summed E-state index contributed by atoms with van der Waals surface area (Å²) in [6.45, 7) is 2.06. The number of fused-ring (bicyclic) bond motifs is 2. The largest absolute Gasteiger partial charge is 0.373 e. The van der Waals surface area contributed by atoms with Crippen LogP contribution in [0.4, 0.5) is 0 Å². The number of hydrogen-bond donors (Lipinski definition) is 1. The predicted molar refractivity (Wildman–Crippen MR) is 70.7 cm³/mol. The summed E-state index contributed by atoms with van der Waals surface area (Å²) in [5.41, 5.74) is 0. The van der Waals surface area contributed by atoms with Gasteiger partial charge in [-0.15, -0.1) is 0 Å². The third kappa shape index (κ3) is 2.82. The lowest BCUT2D eigenvalue weighted by Crippen LogP contribution is -2.38. The second-order valence-electron chi connectivity index (χ2n) is 5.86. The summed E-state index contributed by atoms with van der Waals surface area (Å²) in [7, 11) is 1.69. The molecule has 2 bridgehead atoms. The molecule has 0 spiro atoms. The molecule has 3 unspecified atom stereocenters. The molecular weight excluding hydrogens is 242 g/mol. The van der Waals surface area contributed by atoms with Crippen molar-refractivity contribution in [3.63, 3.8) is 0 Å². The molecule has 0 aliphatic carbocycles. The zero-order chi connectivity index (χ0) is 13.2. The number of methoxy groups -OCH3 is 1. The van der Waals surface area contributed by atoms with Crippen molar-refractivity contribution in [1.29, 1.82) is 0 Å². The summed E-state index contributed by atoms with van der Waals surface area (Å²) in [4.78, 5) is 4.49. The predicted octanol–water partition coefficient (Wildman–Crippen LogP) is 2.24. The van der Waals surface area contributed by atoms with Crippen LogP contribution in [0.3, 0.4) is 0 Å². The lowest BCUT2D eigenvalue weighted by Gasteiger charge is -2.28. The fourth-order valence-corrected chi connectivity index (χ4v) is 3.53. The van der Waals surface area contributed by atoms with Crippen LogP contribution in [0.2, 0.25) is 0 Å². The van der Waals surface area contributed by atoms with Crippen LogP contribution in [-0.4, -0.2) is 29.3 Å². The Balaban J connectivity index is 1.61. The van der Waals surface area contributed by atoms with Crippen LogP contribution >= 0.6 is 0 Å². The van der Waals surface area contributed by atoms with E-state index >= 15 is 0 Å². The van der Waals surface area contributed by atoms with E-state index in [1.807, 2.05) is 0 Å². The fraction of sp³-hybridized carbons (Fsp3) is 0.857. The highest BCUT2D eigenvalue weighted by atomic mass is 16.5. The molecular formula is C14H23N3O2. The van der Waals surface area contributed by atoms with Gasteiger partial charge in [-0.1, -0.05) is 12.1 Å². The lowest BCUT2D eigenvalue weighted by molar-refractivity contribution is 0.0903. The van der Waals surface area contributed by atoms with E-state index in [4.69, 9.17) is 9.26 Å². The average molecular weight is 265 g/mol. The molecule has 1 N–H and O–H groups in total. The third-order valence-corrected chi connectivity index (χ3v) is 4.46. The molecule has 3 atom stereocenters. The van der Waals surface area contributed by atoms with E-state index in [0.29, 0.717) is 23.8 Å². The molecule has 5 nitrogen and oxygen atoms in total. The van der Waals surface area contributed by atoms with Crippen LogP contribution < -0.4 is 5.32 Å². The van der Waals surface area contributed by atoms with Gasteiger partial charge in [-0.2, -0.15) is 4.98 Å². The first kappa shape index (κ1) is 13.1. The molecule has 1 aromatic heterocycles. The standard InChI is InChI=1S/C14H23N3O2/c1-3-12(18-2)14-16-13(19-17-14)8-9-6-10-4-5-11(7-9)15-10/h9-12,15H,3-8H2,1-2H3. The minimum atomic E-state index is -0.0401. The topological polar surface area (TPSA) is 60.2 Å². The highest BCUT2D eigenvalue weighted by Crippen LogP contribution is 2.32. The van der Waals surface area contributed by atoms with Crippen molar-refractivity contribution in [1.82, 2.24) is 15.5 Å². The van der Waals surface area contributed by atoms with E-state index in [-0.39, 0.29) is 6.10 Å². The van der Waals surface area contributed by atoms with E-state index in [1.54, 1.807) is 7.11 Å². The number of rotatable bonds is 5. The second kappa shape index (κ2) is 5.59. The summed E-state index contributed by atoms with van der Waals surface area (Å²) < 4.78 is 10.7. The van der Waals surface area contributed by atoms with Crippen molar-refractivity contribution in [3.8, 4) is 0 Å². The van der Waals surface area contributed by atoms with Gasteiger partial charge in [-0.25, -0.2) is 0 Å². The van der Waals surface area contributed by atoms with Gasteiger partial charge in [0.1, 0.15) is 6.10 Å². The van der Waals surface area contributed by atoms with Crippen LogP contribution in [0.1, 0.15) is 56.8 Å². The normalized spacial score (nSPS) is 31.6. The minimum Gasteiger partial charge on any atom is -0.373 e. The number of nitrogens with zero attached hydrogens (tertiary/aromatic N) is 2. The van der Waals surface area contributed by atoms with E-state index < -0.39 is 0 Å². The quantitative estimate of drug-likeness (QED) is 0.884. The molecule has 1 aromatic rings. The Labute approximate surface area is 114 Å². The van der Waals surface area contributed by atoms with Crippen molar-refractivity contribution < 1.29 is 9.26 Å². The van der Waals surface area contributed by atoms with Crippen molar-refractivity contribution in [2.24, 2.45) is 5.92 Å². The van der Waals surface area contributed by atoms with Gasteiger partial charge in [-0.3, -0.25) is 0 Å². The van der Waals surface area contributed by atoms with Crippen molar-refractivity contribution in [3.05, 3.63) is 11.7 Å². The molecule has 3 rings (SSSR count). The highest BCUT2D eigenvalue weighted by Gasteiger charge is 2.34. The number of piperidine rings is 1. The molecule has 2 fully saturated rings. The smallest absolute Gasteiger partial charge is 0.227 e. The lowest BCUT2D eigenvalue weighted by atomic mass is 9.90. The minimum absolute atomic E-state index is 0.0401. The van der Waals surface area contributed by atoms with E-state index in [2.05, 4.69) is 22.4 Å². The van der Waals surface area contributed by atoms with Crippen molar-refractivity contribution >= 4 is 0 Å². The zero-order valence-electron chi connectivity index (χ0n) is 11.8. The molecule has 19 heavy (non-hydrogen) atoms. The highest BCUT2D eigenvalue weighted by molar-refractivity contribution is 4.97. The van der Waals surface area contributed by atoms with Crippen LogP contribution in [0, 0.1) is 5.92 Å². The first-order chi connectivity index (χ1) is 9.28. The Morgan fingerprint density at radius 1 is 1.37 bits per heavy atom. The number of nitrogens with one attached hydrogen (secondary N) is 1. The van der Waals surface area contributed by atoms with Crippen molar-refractivity contribution in [2.45, 2.75) is 63.6 Å². The molecule has 106 valence electrons. The third-order valence-electron chi connectivity index (χ3n) is 4.46. The molecule has 0 aromatic carbocycles. The number of aromatic nitrogens is 2. The van der Waals surface area contributed by atoms with Gasteiger partial charge in [0.05, 0.1) is 0 Å². The summed E-state index contributed by atoms with van der Waals surface area (Å²) >= 11 is 0. The second-order valence-corrected chi connectivity index (χ2v) is 5.86. The van der Waals surface area contributed by atoms with Gasteiger partial charge >= 0.3 is 0 Å². The fourth-order valence-electron chi connectivity index (χ4n) is 3.53. The van der Waals surface area contributed by atoms with Gasteiger partial charge in [0, 0.05) is 25.6 Å². The maximum atomic E-state index is 5.38. The van der Waals surface area contributed by atoms with Crippen LogP contribution in [0.25, 0.3) is 0 Å². The van der Waals surface area contributed by atoms with Gasteiger partial charge in [0.2, 0.25) is 11.7 Å². The Bertz CT molecular complexity index is 405. The van der Waals surface area contributed by atoms with Crippen molar-refractivity contribution in [2.75, 3.05) is 7.11 Å². The zero-order valence-corrected chi connectivity index (χ0v) is 11.8. The SMILES string of the molecule is CCC(OC)c1noc(CC2CC3CCC(C2)N3)n1. The van der Waals surface area contributed by atoms with Gasteiger partial charge < -0.3 is 14.6 Å². The maximum Gasteiger partial charge on any atom is 0.227 e. The first-order valence-corrected chi connectivity index (χ1v) is 7.39. The molecule has 0 radical (unpaired) electrons. The molecule has 2 saturated heterocycles. The molecule has 0 amide bonds. The van der Waals surface area contributed by atoms with Gasteiger partial charge in [0.25, 0.3) is 0 Å². The van der Waals surface area contributed by atoms with E-state index in [0.717, 1.165) is 18.7 Å². The van der Waals surface area contributed by atoms with Crippen LogP contribution in [0.15, 0.2) is 4.52 Å². The van der Waals surface area contributed by atoms with Crippen LogP contribution in [0.5, 0.6) is 0 Å². The van der Waals surface area contributed by atoms with E-state index in [1.165, 1.54) is 25.7 Å². The Morgan fingerprint density at radius 2 is 2.11 bits per heavy atom. The molecule has 2 aliphatic rings. The summed E-state index contributed by atoms with van der Waals surface area (Å²) in [5.74, 6) is 2.16. The van der Waals surface area contributed by atoms with E-state index in [9.17, 15) is 0 Å². The van der Waals surface area contributed by atoms with Gasteiger partial charge in [0.15, 0.2) is 0 Å². The molecule has 5 heteroatoms. The molecule has 3 heterocycles. The Kier molecular flexibility index (Phi) is 3.84. The Morgan fingerprint density at radius 3 is 2.74 bits per heavy atom. The summed E-state index contributed by atoms with van der Waals surface area (Å²) in [5, 5.41) is 7.71. The average Bonchev–Trinajstić information content (AvgIpc) is 2.99. The monoisotopic (exact) mass is 265 g/mol. The summed E-state index contributed by atoms with van der Waals surface area (Å²) in [6, 6.07) is 1.43. The van der Waals surface area contributed by atoms with Crippen LogP contribution in [-0.2, 0) is 11.2 Å².